The van der Waals surface area contributed by atoms with Crippen molar-refractivity contribution in [3.05, 3.63) is 47.8 Å². The third kappa shape index (κ3) is 5.63. The molecule has 1 aromatic rings. The van der Waals surface area contributed by atoms with Crippen molar-refractivity contribution < 1.29 is 28.9 Å². The fraction of sp³-hybridized carbons (Fsp3) is 0.524. The molecule has 2 aliphatic rings. The molecular formula is C21H28N2O6. The average molecular weight is 404 g/mol. The van der Waals surface area contributed by atoms with Crippen LogP contribution < -0.4 is 0 Å². The Morgan fingerprint density at radius 2 is 1.93 bits per heavy atom. The van der Waals surface area contributed by atoms with E-state index in [2.05, 4.69) is 0 Å². The van der Waals surface area contributed by atoms with Crippen LogP contribution >= 0.6 is 0 Å². The predicted octanol–water partition coefficient (Wildman–Crippen LogP) is 0.900. The van der Waals surface area contributed by atoms with Crippen molar-refractivity contribution in [2.24, 2.45) is 0 Å². The molecular weight excluding hydrogens is 376 g/mol. The normalized spacial score (nSPS) is 25.6. The van der Waals surface area contributed by atoms with E-state index in [0.717, 1.165) is 5.56 Å². The minimum absolute atomic E-state index is 0.00116. The molecule has 0 aromatic heterocycles. The number of Topliss-reactive ketones (excluding diaryl/α,β-unsaturated/α-hetero) is 1. The first-order valence-electron chi connectivity index (χ1n) is 9.80. The first kappa shape index (κ1) is 21.4. The molecule has 29 heavy (non-hydrogen) atoms. The summed E-state index contributed by atoms with van der Waals surface area (Å²) in [7, 11) is 0. The van der Waals surface area contributed by atoms with E-state index in [4.69, 9.17) is 14.2 Å². The van der Waals surface area contributed by atoms with Gasteiger partial charge in [-0.1, -0.05) is 30.3 Å². The number of amides is 1. The van der Waals surface area contributed by atoms with Crippen molar-refractivity contribution in [1.29, 1.82) is 0 Å². The molecule has 2 saturated heterocycles. The second-order valence-corrected chi connectivity index (χ2v) is 7.14. The lowest BCUT2D eigenvalue weighted by atomic mass is 10.0. The summed E-state index contributed by atoms with van der Waals surface area (Å²) in [5.41, 5.74) is 1.09. The Hall–Kier alpha value is -2.26. The molecule has 3 rings (SSSR count). The van der Waals surface area contributed by atoms with Gasteiger partial charge in [-0.25, -0.2) is 0 Å². The van der Waals surface area contributed by atoms with Gasteiger partial charge in [0.2, 0.25) is 11.7 Å². The van der Waals surface area contributed by atoms with E-state index in [-0.39, 0.29) is 24.8 Å². The first-order chi connectivity index (χ1) is 14.0. The highest BCUT2D eigenvalue weighted by Crippen LogP contribution is 2.22. The Morgan fingerprint density at radius 3 is 2.59 bits per heavy atom. The van der Waals surface area contributed by atoms with Gasteiger partial charge < -0.3 is 29.1 Å². The van der Waals surface area contributed by atoms with E-state index in [9.17, 15) is 14.7 Å². The lowest BCUT2D eigenvalue weighted by molar-refractivity contribution is -0.238. The number of hydrogen-bond acceptors (Lipinski definition) is 7. The number of hydrogen-bond donors (Lipinski definition) is 1. The molecule has 0 aliphatic carbocycles. The fourth-order valence-corrected chi connectivity index (χ4v) is 3.32. The second-order valence-electron chi connectivity index (χ2n) is 7.14. The number of nitrogens with zero attached hydrogens (tertiary/aromatic N) is 2. The van der Waals surface area contributed by atoms with Crippen LogP contribution in [0.1, 0.15) is 19.4 Å². The summed E-state index contributed by atoms with van der Waals surface area (Å²) in [6.07, 6.45) is -1.12. The number of ketones is 1. The van der Waals surface area contributed by atoms with Crippen molar-refractivity contribution >= 4 is 11.7 Å². The van der Waals surface area contributed by atoms with E-state index >= 15 is 0 Å². The van der Waals surface area contributed by atoms with Gasteiger partial charge in [0.25, 0.3) is 0 Å². The van der Waals surface area contributed by atoms with Gasteiger partial charge in [0, 0.05) is 26.2 Å². The van der Waals surface area contributed by atoms with Crippen LogP contribution in [0.15, 0.2) is 42.2 Å². The van der Waals surface area contributed by atoms with Crippen molar-refractivity contribution in [2.45, 2.75) is 38.9 Å². The van der Waals surface area contributed by atoms with Crippen LogP contribution in [0.25, 0.3) is 0 Å². The second kappa shape index (κ2) is 9.98. The number of carbonyl (C=O) groups excluding carboxylic acids is 2. The van der Waals surface area contributed by atoms with Crippen LogP contribution in [0, 0.1) is 0 Å². The van der Waals surface area contributed by atoms with Crippen LogP contribution in [0.5, 0.6) is 0 Å². The summed E-state index contributed by atoms with van der Waals surface area (Å²) in [4.78, 5) is 29.3. The van der Waals surface area contributed by atoms with E-state index < -0.39 is 24.3 Å². The van der Waals surface area contributed by atoms with Gasteiger partial charge in [0.05, 0.1) is 26.4 Å². The molecule has 2 aliphatic heterocycles. The average Bonchev–Trinajstić information content (AvgIpc) is 2.73. The highest BCUT2D eigenvalue weighted by Gasteiger charge is 2.38. The Morgan fingerprint density at radius 1 is 1.24 bits per heavy atom. The minimum atomic E-state index is -1.10. The summed E-state index contributed by atoms with van der Waals surface area (Å²) in [6.45, 7) is 5.66. The Labute approximate surface area is 170 Å². The predicted molar refractivity (Wildman–Crippen MR) is 104 cm³/mol. The Kier molecular flexibility index (Phi) is 7.38. The number of aliphatic hydroxyl groups is 1. The molecule has 0 saturated carbocycles. The zero-order valence-electron chi connectivity index (χ0n) is 16.8. The lowest BCUT2D eigenvalue weighted by Crippen LogP contribution is -2.50. The number of morpholine rings is 1. The van der Waals surface area contributed by atoms with E-state index in [1.165, 1.54) is 11.8 Å². The zero-order chi connectivity index (χ0) is 20.8. The molecule has 0 unspecified atom stereocenters. The Bertz CT molecular complexity index is 732. The van der Waals surface area contributed by atoms with Crippen LogP contribution in [0.2, 0.25) is 0 Å². The molecule has 8 nitrogen and oxygen atoms in total. The van der Waals surface area contributed by atoms with Crippen LogP contribution in [-0.2, 0) is 30.3 Å². The van der Waals surface area contributed by atoms with Crippen LogP contribution in [0.4, 0.5) is 0 Å². The summed E-state index contributed by atoms with van der Waals surface area (Å²) in [5, 5.41) is 10.3. The maximum absolute atomic E-state index is 13.4. The van der Waals surface area contributed by atoms with Gasteiger partial charge in [-0.2, -0.15) is 0 Å². The SMILES string of the molecule is CC(=O)N(Cc1ccccc1)/C(=C/N1CCOCC1)C(=O)[C@@H]1O[C@H](C)OC[C@H]1O. The van der Waals surface area contributed by atoms with Crippen LogP contribution in [0.3, 0.4) is 0 Å². The Balaban J connectivity index is 1.92. The van der Waals surface area contributed by atoms with E-state index in [1.807, 2.05) is 35.2 Å². The fourth-order valence-electron chi connectivity index (χ4n) is 3.32. The van der Waals surface area contributed by atoms with Crippen molar-refractivity contribution in [1.82, 2.24) is 9.80 Å². The molecule has 1 N–H and O–H groups in total. The monoisotopic (exact) mass is 404 g/mol. The number of aliphatic hydroxyl groups excluding tert-OH is 1. The largest absolute Gasteiger partial charge is 0.387 e. The number of ether oxygens (including phenoxy) is 3. The van der Waals surface area contributed by atoms with Crippen molar-refractivity contribution in [3.63, 3.8) is 0 Å². The molecule has 0 bridgehead atoms. The molecule has 1 aromatic carbocycles. The molecule has 2 heterocycles. The van der Waals surface area contributed by atoms with Gasteiger partial charge >= 0.3 is 0 Å². The molecule has 158 valence electrons. The summed E-state index contributed by atoms with van der Waals surface area (Å²) in [6, 6.07) is 9.45. The number of benzene rings is 1. The smallest absolute Gasteiger partial charge is 0.224 e. The topological polar surface area (TPSA) is 88.5 Å². The molecule has 3 atom stereocenters. The van der Waals surface area contributed by atoms with E-state index in [0.29, 0.717) is 26.3 Å². The van der Waals surface area contributed by atoms with Gasteiger partial charge in [-0.3, -0.25) is 9.59 Å². The highest BCUT2D eigenvalue weighted by atomic mass is 16.7. The van der Waals surface area contributed by atoms with Gasteiger partial charge in [-0.05, 0) is 12.5 Å². The third-order valence-corrected chi connectivity index (χ3v) is 4.91. The van der Waals surface area contributed by atoms with Crippen molar-refractivity contribution in [2.75, 3.05) is 32.9 Å². The maximum Gasteiger partial charge on any atom is 0.224 e. The summed E-state index contributed by atoms with van der Waals surface area (Å²) in [5.74, 6) is -0.707. The molecule has 0 radical (unpaired) electrons. The quantitative estimate of drug-likeness (QED) is 0.705. The summed E-state index contributed by atoms with van der Waals surface area (Å²) < 4.78 is 16.2. The number of rotatable bonds is 6. The number of carbonyl (C=O) groups is 2. The lowest BCUT2D eigenvalue weighted by Gasteiger charge is -2.35. The highest BCUT2D eigenvalue weighted by molar-refractivity contribution is 6.01. The standard InChI is InChI=1S/C21H28N2O6/c1-15(24)23(12-17-6-4-3-5-7-17)18(13-22-8-10-27-11-9-22)20(26)21-19(25)14-28-16(2)29-21/h3-7,13,16,19,21,25H,8-12,14H2,1-2H3/b18-13+/t16-,19-,21-/m1/s1. The van der Waals surface area contributed by atoms with Gasteiger partial charge in [0.1, 0.15) is 11.8 Å². The summed E-state index contributed by atoms with van der Waals surface area (Å²) >= 11 is 0. The molecule has 8 heteroatoms. The van der Waals surface area contributed by atoms with Crippen LogP contribution in [-0.4, -0.2) is 78.0 Å². The molecule has 1 amide bonds. The molecule has 0 spiro atoms. The molecule has 2 fully saturated rings. The first-order valence-corrected chi connectivity index (χ1v) is 9.80. The zero-order valence-corrected chi connectivity index (χ0v) is 16.8. The van der Waals surface area contributed by atoms with Gasteiger partial charge in [0.15, 0.2) is 12.4 Å². The van der Waals surface area contributed by atoms with E-state index in [1.54, 1.807) is 13.1 Å². The third-order valence-electron chi connectivity index (χ3n) is 4.91. The van der Waals surface area contributed by atoms with Crippen molar-refractivity contribution in [3.8, 4) is 0 Å². The maximum atomic E-state index is 13.4. The minimum Gasteiger partial charge on any atom is -0.387 e. The van der Waals surface area contributed by atoms with Gasteiger partial charge in [-0.15, -0.1) is 0 Å².